The average molecular weight is 265 g/mol. The molecule has 1 fully saturated rings. The zero-order valence-corrected chi connectivity index (χ0v) is 12.3. The first-order valence-corrected chi connectivity index (χ1v) is 7.57. The molecule has 18 heavy (non-hydrogen) atoms. The third-order valence-corrected chi connectivity index (χ3v) is 4.82. The smallest absolute Gasteiger partial charge is 0.133 e. The topological polar surface area (TPSA) is 42.1 Å². The van der Waals surface area contributed by atoms with E-state index in [1.165, 1.54) is 6.42 Å². The van der Waals surface area contributed by atoms with Crippen molar-refractivity contribution in [2.24, 2.45) is 5.73 Å². The minimum absolute atomic E-state index is 0.0395. The lowest BCUT2D eigenvalue weighted by Crippen LogP contribution is -2.29. The van der Waals surface area contributed by atoms with E-state index in [0.29, 0.717) is 4.75 Å². The van der Waals surface area contributed by atoms with E-state index >= 15 is 0 Å². The molecule has 2 heterocycles. The molecule has 1 saturated heterocycles. The van der Waals surface area contributed by atoms with Crippen molar-refractivity contribution in [1.29, 1.82) is 0 Å². The minimum Gasteiger partial charge on any atom is -0.355 e. The van der Waals surface area contributed by atoms with Gasteiger partial charge in [-0.25, -0.2) is 4.98 Å². The summed E-state index contributed by atoms with van der Waals surface area (Å²) in [6.45, 7) is 8.80. The largest absolute Gasteiger partial charge is 0.355 e. The molecular formula is C14H23N3S. The molecule has 2 rings (SSSR count). The van der Waals surface area contributed by atoms with Crippen LogP contribution in [0.3, 0.4) is 0 Å². The van der Waals surface area contributed by atoms with E-state index in [2.05, 4.69) is 41.6 Å². The Kier molecular flexibility index (Phi) is 4.17. The van der Waals surface area contributed by atoms with Crippen molar-refractivity contribution in [2.75, 3.05) is 23.7 Å². The van der Waals surface area contributed by atoms with Crippen molar-refractivity contribution < 1.29 is 0 Å². The van der Waals surface area contributed by atoms with Gasteiger partial charge < -0.3 is 10.6 Å². The van der Waals surface area contributed by atoms with Crippen LogP contribution in [0.4, 0.5) is 5.82 Å². The molecule has 0 aliphatic carbocycles. The molecular weight excluding hydrogens is 242 g/mol. The SMILES string of the molecule is C[C@H](N)c1cccnc1N1CCSC(C)(C)CC1. The maximum atomic E-state index is 6.04. The van der Waals surface area contributed by atoms with Crippen molar-refractivity contribution in [3.63, 3.8) is 0 Å². The zero-order chi connectivity index (χ0) is 13.2. The van der Waals surface area contributed by atoms with Crippen LogP contribution in [-0.4, -0.2) is 28.6 Å². The first-order valence-electron chi connectivity index (χ1n) is 6.59. The van der Waals surface area contributed by atoms with E-state index in [-0.39, 0.29) is 6.04 Å². The quantitative estimate of drug-likeness (QED) is 0.893. The Balaban J connectivity index is 2.21. The Morgan fingerprint density at radius 3 is 2.94 bits per heavy atom. The van der Waals surface area contributed by atoms with E-state index < -0.39 is 0 Å². The van der Waals surface area contributed by atoms with Gasteiger partial charge in [0.25, 0.3) is 0 Å². The van der Waals surface area contributed by atoms with Crippen molar-refractivity contribution >= 4 is 17.6 Å². The molecule has 3 nitrogen and oxygen atoms in total. The zero-order valence-electron chi connectivity index (χ0n) is 11.5. The minimum atomic E-state index is 0.0395. The molecule has 100 valence electrons. The van der Waals surface area contributed by atoms with Gasteiger partial charge in [0.15, 0.2) is 0 Å². The summed E-state index contributed by atoms with van der Waals surface area (Å²) in [4.78, 5) is 6.94. The van der Waals surface area contributed by atoms with Crippen LogP contribution in [0.5, 0.6) is 0 Å². The van der Waals surface area contributed by atoms with Gasteiger partial charge in [-0.15, -0.1) is 0 Å². The summed E-state index contributed by atoms with van der Waals surface area (Å²) >= 11 is 2.05. The van der Waals surface area contributed by atoms with Crippen LogP contribution >= 0.6 is 11.8 Å². The van der Waals surface area contributed by atoms with Gasteiger partial charge in [-0.05, 0) is 19.4 Å². The van der Waals surface area contributed by atoms with Gasteiger partial charge in [-0.1, -0.05) is 19.9 Å². The lowest BCUT2D eigenvalue weighted by atomic mass is 10.1. The standard InChI is InChI=1S/C14H23N3S/c1-11(15)12-5-4-7-16-13(12)17-8-6-14(2,3)18-10-9-17/h4-5,7,11H,6,8-10,15H2,1-3H3/t11-/m0/s1. The molecule has 1 aromatic rings. The van der Waals surface area contributed by atoms with E-state index in [0.717, 1.165) is 30.2 Å². The molecule has 0 bridgehead atoms. The van der Waals surface area contributed by atoms with Crippen molar-refractivity contribution in [1.82, 2.24) is 4.98 Å². The number of nitrogens with two attached hydrogens (primary N) is 1. The lowest BCUT2D eigenvalue weighted by molar-refractivity contribution is 0.632. The molecule has 0 unspecified atom stereocenters. The Hall–Kier alpha value is -0.740. The molecule has 0 amide bonds. The molecule has 0 aromatic carbocycles. The molecule has 1 aliphatic heterocycles. The molecule has 1 aromatic heterocycles. The fourth-order valence-electron chi connectivity index (χ4n) is 2.26. The normalized spacial score (nSPS) is 21.4. The Morgan fingerprint density at radius 2 is 2.22 bits per heavy atom. The number of anilines is 1. The summed E-state index contributed by atoms with van der Waals surface area (Å²) in [5.74, 6) is 2.23. The third-order valence-electron chi connectivity index (χ3n) is 3.44. The summed E-state index contributed by atoms with van der Waals surface area (Å²) in [5.41, 5.74) is 7.20. The van der Waals surface area contributed by atoms with Gasteiger partial charge in [0.05, 0.1) is 0 Å². The maximum Gasteiger partial charge on any atom is 0.133 e. The molecule has 0 spiro atoms. The average Bonchev–Trinajstić information content (AvgIpc) is 2.50. The predicted molar refractivity (Wildman–Crippen MR) is 80.2 cm³/mol. The monoisotopic (exact) mass is 265 g/mol. The van der Waals surface area contributed by atoms with Crippen LogP contribution in [0.2, 0.25) is 0 Å². The second kappa shape index (κ2) is 5.49. The van der Waals surface area contributed by atoms with Crippen LogP contribution in [0.15, 0.2) is 18.3 Å². The Bertz CT molecular complexity index is 404. The van der Waals surface area contributed by atoms with Crippen molar-refractivity contribution in [3.8, 4) is 0 Å². The van der Waals surface area contributed by atoms with E-state index in [1.54, 1.807) is 0 Å². The third kappa shape index (κ3) is 3.18. The van der Waals surface area contributed by atoms with Gasteiger partial charge in [-0.3, -0.25) is 0 Å². The van der Waals surface area contributed by atoms with Gasteiger partial charge >= 0.3 is 0 Å². The van der Waals surface area contributed by atoms with E-state index in [1.807, 2.05) is 19.2 Å². The predicted octanol–water partition coefficient (Wildman–Crippen LogP) is 2.82. The number of nitrogens with zero attached hydrogens (tertiary/aromatic N) is 2. The van der Waals surface area contributed by atoms with Crippen molar-refractivity contribution in [3.05, 3.63) is 23.9 Å². The van der Waals surface area contributed by atoms with E-state index in [4.69, 9.17) is 5.73 Å². The van der Waals surface area contributed by atoms with Crippen LogP contribution in [0, 0.1) is 0 Å². The van der Waals surface area contributed by atoms with Crippen LogP contribution in [-0.2, 0) is 0 Å². The molecule has 1 atom stereocenters. The maximum absolute atomic E-state index is 6.04. The number of hydrogen-bond acceptors (Lipinski definition) is 4. The number of thioether (sulfide) groups is 1. The molecule has 0 radical (unpaired) electrons. The second-order valence-corrected chi connectivity index (χ2v) is 7.35. The Morgan fingerprint density at radius 1 is 1.44 bits per heavy atom. The molecule has 4 heteroatoms. The fourth-order valence-corrected chi connectivity index (χ4v) is 3.36. The molecule has 2 N–H and O–H groups in total. The number of pyridine rings is 1. The number of hydrogen-bond donors (Lipinski definition) is 1. The summed E-state index contributed by atoms with van der Waals surface area (Å²) < 4.78 is 0.373. The van der Waals surface area contributed by atoms with Gasteiger partial charge in [0, 0.05) is 41.4 Å². The molecule has 1 aliphatic rings. The van der Waals surface area contributed by atoms with Crippen molar-refractivity contribution in [2.45, 2.75) is 38.0 Å². The van der Waals surface area contributed by atoms with Gasteiger partial charge in [0.1, 0.15) is 5.82 Å². The highest BCUT2D eigenvalue weighted by Crippen LogP contribution is 2.33. The summed E-state index contributed by atoms with van der Waals surface area (Å²) in [7, 11) is 0. The first-order chi connectivity index (χ1) is 8.49. The fraction of sp³-hybridized carbons (Fsp3) is 0.643. The summed E-state index contributed by atoms with van der Waals surface area (Å²) in [5, 5.41) is 0. The van der Waals surface area contributed by atoms with Crippen LogP contribution < -0.4 is 10.6 Å². The highest BCUT2D eigenvalue weighted by molar-refractivity contribution is 8.00. The summed E-state index contributed by atoms with van der Waals surface area (Å²) in [6, 6.07) is 4.10. The highest BCUT2D eigenvalue weighted by Gasteiger charge is 2.25. The second-order valence-electron chi connectivity index (χ2n) is 5.55. The van der Waals surface area contributed by atoms with Crippen LogP contribution in [0.25, 0.3) is 0 Å². The first kappa shape index (κ1) is 13.7. The van der Waals surface area contributed by atoms with Crippen LogP contribution in [0.1, 0.15) is 38.8 Å². The lowest BCUT2D eigenvalue weighted by Gasteiger charge is -2.26. The number of rotatable bonds is 2. The molecule has 0 saturated carbocycles. The van der Waals surface area contributed by atoms with E-state index in [9.17, 15) is 0 Å². The Labute approximate surface area is 114 Å². The highest BCUT2D eigenvalue weighted by atomic mass is 32.2. The number of aromatic nitrogens is 1. The van der Waals surface area contributed by atoms with Gasteiger partial charge in [0.2, 0.25) is 0 Å². The van der Waals surface area contributed by atoms with Gasteiger partial charge in [-0.2, -0.15) is 11.8 Å². The summed E-state index contributed by atoms with van der Waals surface area (Å²) in [6.07, 6.45) is 3.05.